The zero-order valence-electron chi connectivity index (χ0n) is 12.4. The third-order valence-electron chi connectivity index (χ3n) is 3.52. The number of aryl methyl sites for hydroxylation is 2. The van der Waals surface area contributed by atoms with Gasteiger partial charge in [0.2, 0.25) is 0 Å². The summed E-state index contributed by atoms with van der Waals surface area (Å²) in [7, 11) is 3.31. The van der Waals surface area contributed by atoms with Crippen LogP contribution in [0.25, 0.3) is 0 Å². The molecule has 0 aliphatic rings. The normalized spacial score (nSPS) is 12.5. The van der Waals surface area contributed by atoms with Crippen molar-refractivity contribution in [1.29, 1.82) is 0 Å². The van der Waals surface area contributed by atoms with Crippen LogP contribution in [0, 0.1) is 5.82 Å². The van der Waals surface area contributed by atoms with E-state index in [0.29, 0.717) is 22.8 Å². The maximum Gasteiger partial charge on any atom is 0.131 e. The fourth-order valence-corrected chi connectivity index (χ4v) is 2.67. The molecule has 0 fully saturated rings. The molecule has 0 saturated carbocycles. The van der Waals surface area contributed by atoms with Crippen LogP contribution in [0.1, 0.15) is 29.9 Å². The maximum atomic E-state index is 14.0. The molecule has 0 aliphatic heterocycles. The molecule has 1 unspecified atom stereocenters. The first kappa shape index (κ1) is 15.8. The topological polar surface area (TPSA) is 53.1 Å². The van der Waals surface area contributed by atoms with E-state index in [1.54, 1.807) is 16.8 Å². The van der Waals surface area contributed by atoms with Gasteiger partial charge in [-0.05, 0) is 12.5 Å². The van der Waals surface area contributed by atoms with E-state index in [-0.39, 0.29) is 5.82 Å². The molecule has 0 saturated heterocycles. The van der Waals surface area contributed by atoms with Crippen LogP contribution in [0.4, 0.5) is 4.39 Å². The number of rotatable bonds is 5. The van der Waals surface area contributed by atoms with E-state index in [1.807, 2.05) is 14.0 Å². The summed E-state index contributed by atoms with van der Waals surface area (Å²) in [6, 6.07) is 4.18. The molecule has 6 heteroatoms. The Morgan fingerprint density at radius 3 is 2.71 bits per heavy atom. The molecule has 2 aromatic rings. The molecular formula is C15H19ClFN3O. The molecule has 4 nitrogen and oxygen atoms in total. The van der Waals surface area contributed by atoms with Gasteiger partial charge in [0.05, 0.1) is 23.5 Å². The smallest absolute Gasteiger partial charge is 0.131 e. The van der Waals surface area contributed by atoms with Crippen molar-refractivity contribution in [2.24, 2.45) is 12.8 Å². The van der Waals surface area contributed by atoms with Crippen LogP contribution < -0.4 is 10.5 Å². The van der Waals surface area contributed by atoms with Crippen LogP contribution in [-0.2, 0) is 19.9 Å². The van der Waals surface area contributed by atoms with Crippen LogP contribution in [0.2, 0.25) is 5.02 Å². The molecule has 0 radical (unpaired) electrons. The maximum absolute atomic E-state index is 14.0. The predicted octanol–water partition coefficient (Wildman–Crippen LogP) is 3.03. The highest BCUT2D eigenvalue weighted by Crippen LogP contribution is 2.27. The fraction of sp³-hybridized carbons (Fsp3) is 0.400. The van der Waals surface area contributed by atoms with Crippen LogP contribution in [0.15, 0.2) is 18.2 Å². The van der Waals surface area contributed by atoms with Crippen molar-refractivity contribution in [1.82, 2.24) is 9.78 Å². The van der Waals surface area contributed by atoms with Gasteiger partial charge in [-0.3, -0.25) is 4.68 Å². The number of hydrogen-bond acceptors (Lipinski definition) is 3. The monoisotopic (exact) mass is 311 g/mol. The highest BCUT2D eigenvalue weighted by Gasteiger charge is 2.19. The lowest BCUT2D eigenvalue weighted by Crippen LogP contribution is -2.17. The number of ether oxygens (including phenoxy) is 1. The number of nitrogens with two attached hydrogens (primary N) is 1. The van der Waals surface area contributed by atoms with Crippen LogP contribution in [-0.4, -0.2) is 16.9 Å². The van der Waals surface area contributed by atoms with E-state index >= 15 is 0 Å². The molecule has 2 N–H and O–H groups in total. The van der Waals surface area contributed by atoms with Crippen LogP contribution >= 0.6 is 11.6 Å². The van der Waals surface area contributed by atoms with Crippen LogP contribution in [0.3, 0.4) is 0 Å². The number of methoxy groups -OCH3 is 1. The van der Waals surface area contributed by atoms with Crippen molar-refractivity contribution in [3.05, 3.63) is 46.0 Å². The van der Waals surface area contributed by atoms with Crippen molar-refractivity contribution < 1.29 is 9.13 Å². The average Bonchev–Trinajstić information content (AvgIpc) is 2.74. The Kier molecular flexibility index (Phi) is 4.85. The number of aromatic nitrogens is 2. The Labute approximate surface area is 128 Å². The molecule has 0 aliphatic carbocycles. The van der Waals surface area contributed by atoms with Crippen molar-refractivity contribution in [2.75, 3.05) is 7.11 Å². The largest absolute Gasteiger partial charge is 0.497 e. The Hall–Kier alpha value is -1.59. The first-order valence-electron chi connectivity index (χ1n) is 6.77. The fourth-order valence-electron chi connectivity index (χ4n) is 2.30. The summed E-state index contributed by atoms with van der Waals surface area (Å²) in [5, 5.41) is 4.96. The zero-order chi connectivity index (χ0) is 15.6. The van der Waals surface area contributed by atoms with E-state index in [4.69, 9.17) is 22.1 Å². The molecule has 0 bridgehead atoms. The Bertz CT molecular complexity index is 642. The quantitative estimate of drug-likeness (QED) is 0.923. The van der Waals surface area contributed by atoms with Crippen LogP contribution in [0.5, 0.6) is 5.75 Å². The van der Waals surface area contributed by atoms with Gasteiger partial charge < -0.3 is 10.5 Å². The summed E-state index contributed by atoms with van der Waals surface area (Å²) in [4.78, 5) is 0. The van der Waals surface area contributed by atoms with E-state index < -0.39 is 6.04 Å². The third kappa shape index (κ3) is 3.19. The molecule has 1 heterocycles. The van der Waals surface area contributed by atoms with Gasteiger partial charge in [-0.2, -0.15) is 5.10 Å². The van der Waals surface area contributed by atoms with E-state index in [0.717, 1.165) is 17.8 Å². The lowest BCUT2D eigenvalue weighted by Gasteiger charge is -2.14. The lowest BCUT2D eigenvalue weighted by atomic mass is 10.0. The number of halogens is 2. The van der Waals surface area contributed by atoms with Gasteiger partial charge in [-0.1, -0.05) is 24.6 Å². The van der Waals surface area contributed by atoms with Crippen molar-refractivity contribution >= 4 is 11.6 Å². The second-order valence-corrected chi connectivity index (χ2v) is 5.26. The molecule has 1 aromatic carbocycles. The molecule has 114 valence electrons. The van der Waals surface area contributed by atoms with Gasteiger partial charge in [0.1, 0.15) is 11.6 Å². The molecule has 0 amide bonds. The first-order valence-corrected chi connectivity index (χ1v) is 7.15. The highest BCUT2D eigenvalue weighted by molar-refractivity contribution is 6.31. The number of hydrogen-bond donors (Lipinski definition) is 1. The van der Waals surface area contributed by atoms with E-state index in [9.17, 15) is 4.39 Å². The summed E-state index contributed by atoms with van der Waals surface area (Å²) in [6.45, 7) is 1.99. The van der Waals surface area contributed by atoms with Gasteiger partial charge in [-0.25, -0.2) is 4.39 Å². The molecular weight excluding hydrogens is 293 g/mol. The summed E-state index contributed by atoms with van der Waals surface area (Å²) in [5.74, 6) is 0.0890. The molecule has 1 atom stereocenters. The molecule has 21 heavy (non-hydrogen) atoms. The summed E-state index contributed by atoms with van der Waals surface area (Å²) < 4.78 is 20.7. The third-order valence-corrected chi connectivity index (χ3v) is 3.96. The molecule has 2 rings (SSSR count). The average molecular weight is 312 g/mol. The second kappa shape index (κ2) is 6.45. The zero-order valence-corrected chi connectivity index (χ0v) is 13.1. The summed E-state index contributed by atoms with van der Waals surface area (Å²) in [5.41, 5.74) is 8.21. The highest BCUT2D eigenvalue weighted by atomic mass is 35.5. The van der Waals surface area contributed by atoms with Gasteiger partial charge >= 0.3 is 0 Å². The Morgan fingerprint density at radius 2 is 2.19 bits per heavy atom. The van der Waals surface area contributed by atoms with Gasteiger partial charge in [0.15, 0.2) is 0 Å². The van der Waals surface area contributed by atoms with Crippen molar-refractivity contribution in [2.45, 2.75) is 25.8 Å². The minimum atomic E-state index is -0.492. The van der Waals surface area contributed by atoms with E-state index in [1.165, 1.54) is 13.2 Å². The van der Waals surface area contributed by atoms with Gasteiger partial charge in [-0.15, -0.1) is 0 Å². The van der Waals surface area contributed by atoms with E-state index in [2.05, 4.69) is 5.10 Å². The second-order valence-electron chi connectivity index (χ2n) is 4.88. The van der Waals surface area contributed by atoms with Gasteiger partial charge in [0.25, 0.3) is 0 Å². The first-order chi connectivity index (χ1) is 9.97. The number of nitrogens with zero attached hydrogens (tertiary/aromatic N) is 2. The SMILES string of the molecule is CCc1nn(C)c(CC(N)c2ccc(OC)cc2F)c1Cl. The predicted molar refractivity (Wildman–Crippen MR) is 81.2 cm³/mol. The summed E-state index contributed by atoms with van der Waals surface area (Å²) >= 11 is 6.30. The Morgan fingerprint density at radius 1 is 1.48 bits per heavy atom. The Balaban J connectivity index is 2.26. The standard InChI is InChI=1S/C15H19ClFN3O/c1-4-13-15(16)14(20(2)19-13)8-12(18)10-6-5-9(21-3)7-11(10)17/h5-7,12H,4,8,18H2,1-3H3. The lowest BCUT2D eigenvalue weighted by molar-refractivity contribution is 0.410. The number of benzene rings is 1. The van der Waals surface area contributed by atoms with Crippen molar-refractivity contribution in [3.8, 4) is 5.75 Å². The van der Waals surface area contributed by atoms with Gasteiger partial charge in [0, 0.05) is 31.1 Å². The molecule has 1 aromatic heterocycles. The minimum Gasteiger partial charge on any atom is -0.497 e. The van der Waals surface area contributed by atoms with Crippen molar-refractivity contribution in [3.63, 3.8) is 0 Å². The molecule has 0 spiro atoms. The minimum absolute atomic E-state index is 0.379. The summed E-state index contributed by atoms with van der Waals surface area (Å²) in [6.07, 6.45) is 1.17.